The first-order valence-corrected chi connectivity index (χ1v) is 17.9. The molecule has 3 aromatic carbocycles. The van der Waals surface area contributed by atoms with E-state index in [0.717, 1.165) is 36.3 Å². The highest BCUT2D eigenvalue weighted by molar-refractivity contribution is 5.76. The maximum atomic E-state index is 14.1. The number of nitrogens with zero attached hydrogens (tertiary/aromatic N) is 2. The molecule has 1 spiro atoms. The Morgan fingerprint density at radius 1 is 0.958 bits per heavy atom. The Bertz CT molecular complexity index is 1870. The second-order valence-corrected chi connectivity index (χ2v) is 14.9. The number of fused-ring (bicyclic) bond motifs is 1. The minimum absolute atomic E-state index is 0.105. The van der Waals surface area contributed by atoms with Crippen LogP contribution in [0, 0.1) is 47.7 Å². The third-order valence-corrected chi connectivity index (χ3v) is 11.8. The quantitative estimate of drug-likeness (QED) is 0.206. The average Bonchev–Trinajstić information content (AvgIpc) is 3.80. The largest absolute Gasteiger partial charge is 0.399 e. The highest BCUT2D eigenvalue weighted by Gasteiger charge is 2.65. The number of rotatable bonds is 7. The molecule has 2 aliphatic carbocycles. The van der Waals surface area contributed by atoms with Crippen molar-refractivity contribution in [3.63, 3.8) is 0 Å². The van der Waals surface area contributed by atoms with E-state index in [0.29, 0.717) is 30.2 Å². The van der Waals surface area contributed by atoms with E-state index in [1.165, 1.54) is 51.3 Å². The highest BCUT2D eigenvalue weighted by atomic mass is 19.1. The molecule has 4 heteroatoms. The van der Waals surface area contributed by atoms with Gasteiger partial charge in [-0.1, -0.05) is 82.8 Å². The van der Waals surface area contributed by atoms with Gasteiger partial charge in [0.1, 0.15) is 5.82 Å². The van der Waals surface area contributed by atoms with Gasteiger partial charge in [-0.15, -0.1) is 5.73 Å². The van der Waals surface area contributed by atoms with Crippen molar-refractivity contribution in [1.29, 1.82) is 0 Å². The molecule has 0 saturated heterocycles. The van der Waals surface area contributed by atoms with Gasteiger partial charge in [-0.25, -0.2) is 4.39 Å². The van der Waals surface area contributed by atoms with E-state index in [1.807, 2.05) is 24.3 Å². The summed E-state index contributed by atoms with van der Waals surface area (Å²) in [6, 6.07) is 22.0. The van der Waals surface area contributed by atoms with E-state index in [1.54, 1.807) is 12.1 Å². The molecule has 0 bridgehead atoms. The molecule has 0 radical (unpaired) electrons. The van der Waals surface area contributed by atoms with Gasteiger partial charge in [-0.05, 0) is 109 Å². The van der Waals surface area contributed by atoms with E-state index in [4.69, 9.17) is 5.73 Å². The van der Waals surface area contributed by atoms with Crippen LogP contribution in [0.25, 0.3) is 16.8 Å². The lowest BCUT2D eigenvalue weighted by Gasteiger charge is -2.42. The van der Waals surface area contributed by atoms with Gasteiger partial charge < -0.3 is 15.5 Å². The van der Waals surface area contributed by atoms with Crippen LogP contribution in [0.4, 0.5) is 10.1 Å². The van der Waals surface area contributed by atoms with Crippen molar-refractivity contribution in [2.24, 2.45) is 35.0 Å². The van der Waals surface area contributed by atoms with Crippen molar-refractivity contribution in [2.45, 2.75) is 67.3 Å². The Kier molecular flexibility index (Phi) is 8.28. The van der Waals surface area contributed by atoms with Crippen LogP contribution in [0.1, 0.15) is 70.6 Å². The summed E-state index contributed by atoms with van der Waals surface area (Å²) in [5.74, 6) is 2.24. The van der Waals surface area contributed by atoms with Gasteiger partial charge in [0.2, 0.25) is 0 Å². The van der Waals surface area contributed by atoms with E-state index >= 15 is 0 Å². The number of hydrogen-bond acceptors (Lipinski definition) is 3. The van der Waals surface area contributed by atoms with Crippen molar-refractivity contribution in [3.05, 3.63) is 136 Å². The minimum atomic E-state index is -0.205. The van der Waals surface area contributed by atoms with Gasteiger partial charge in [0, 0.05) is 58.7 Å². The molecule has 4 aliphatic rings. The molecule has 0 amide bonds. The van der Waals surface area contributed by atoms with Crippen LogP contribution in [0.5, 0.6) is 0 Å². The summed E-state index contributed by atoms with van der Waals surface area (Å²) in [4.78, 5) is 5.13. The number of benzene rings is 3. The van der Waals surface area contributed by atoms with Crippen molar-refractivity contribution < 1.29 is 4.39 Å². The predicted octanol–water partition coefficient (Wildman–Crippen LogP) is 10.7. The number of hydrogen-bond donors (Lipinski definition) is 1. The third kappa shape index (κ3) is 5.26. The smallest absolute Gasteiger partial charge is 0.123 e. The first-order valence-electron chi connectivity index (χ1n) is 17.9. The fraction of sp³-hybridized carbons (Fsp3) is 0.386. The van der Waals surface area contributed by atoms with E-state index in [2.05, 4.69) is 106 Å². The third-order valence-electron chi connectivity index (χ3n) is 11.8. The molecule has 0 aromatic heterocycles. The Balaban J connectivity index is 1.39. The average molecular weight is 640 g/mol. The standard InChI is InChI=1S/C44H50FN3/c1-8-31-23-41-44(24-37(31)27(4)5)25-38(44)43-42(39(9-2)47(41)10-3)29(7)22-40(48(43)26-30-11-16-34(45)17-12-30)33-15-20-36(28(6)21-33)32-13-18-35(46)19-14-32/h11-23,27,29,31,37-38H,2,8,10,24-26,46H2,1,3-7H3. The summed E-state index contributed by atoms with van der Waals surface area (Å²) < 4.78 is 14.1. The lowest BCUT2D eigenvalue weighted by Crippen LogP contribution is -2.36. The van der Waals surface area contributed by atoms with Crippen molar-refractivity contribution >= 4 is 11.4 Å². The summed E-state index contributed by atoms with van der Waals surface area (Å²) in [5.41, 5.74) is 22.9. The van der Waals surface area contributed by atoms with E-state index < -0.39 is 0 Å². The van der Waals surface area contributed by atoms with Gasteiger partial charge in [-0.2, -0.15) is 0 Å². The zero-order valence-electron chi connectivity index (χ0n) is 29.5. The topological polar surface area (TPSA) is 32.5 Å². The van der Waals surface area contributed by atoms with Crippen molar-refractivity contribution in [2.75, 3.05) is 12.3 Å². The molecule has 2 N–H and O–H groups in total. The summed E-state index contributed by atoms with van der Waals surface area (Å²) >= 11 is 0. The molecule has 248 valence electrons. The summed E-state index contributed by atoms with van der Waals surface area (Å²) in [6.45, 7) is 19.9. The van der Waals surface area contributed by atoms with Gasteiger partial charge in [-0.3, -0.25) is 0 Å². The summed E-state index contributed by atoms with van der Waals surface area (Å²) in [7, 11) is 0. The molecule has 2 heterocycles. The van der Waals surface area contributed by atoms with Crippen LogP contribution in [0.2, 0.25) is 0 Å². The molecule has 2 aliphatic heterocycles. The second-order valence-electron chi connectivity index (χ2n) is 14.9. The number of allylic oxidation sites excluding steroid dienone is 5. The Labute approximate surface area is 287 Å². The maximum Gasteiger partial charge on any atom is 0.123 e. The number of anilines is 1. The van der Waals surface area contributed by atoms with Gasteiger partial charge in [0.25, 0.3) is 0 Å². The van der Waals surface area contributed by atoms with Crippen LogP contribution in [0.3, 0.4) is 0 Å². The molecule has 3 nitrogen and oxygen atoms in total. The molecule has 48 heavy (non-hydrogen) atoms. The van der Waals surface area contributed by atoms with Crippen LogP contribution >= 0.6 is 0 Å². The van der Waals surface area contributed by atoms with Gasteiger partial charge >= 0.3 is 0 Å². The Morgan fingerprint density at radius 2 is 1.67 bits per heavy atom. The summed E-state index contributed by atoms with van der Waals surface area (Å²) in [5, 5.41) is 0. The number of halogens is 1. The van der Waals surface area contributed by atoms with E-state index in [9.17, 15) is 4.39 Å². The lowest BCUT2D eigenvalue weighted by molar-refractivity contribution is 0.182. The maximum absolute atomic E-state index is 14.1. The van der Waals surface area contributed by atoms with Crippen molar-refractivity contribution in [1.82, 2.24) is 9.80 Å². The molecular formula is C44H50FN3. The fourth-order valence-electron chi connectivity index (χ4n) is 9.27. The zero-order chi connectivity index (χ0) is 33.9. The Hall–Kier alpha value is -4.27. The number of nitrogens with two attached hydrogens (primary N) is 1. The molecule has 5 atom stereocenters. The van der Waals surface area contributed by atoms with Crippen molar-refractivity contribution in [3.8, 4) is 11.1 Å². The van der Waals surface area contributed by atoms with Crippen LogP contribution < -0.4 is 5.73 Å². The fourth-order valence-corrected chi connectivity index (χ4v) is 9.27. The molecule has 5 unspecified atom stereocenters. The second kappa shape index (κ2) is 12.3. The first-order chi connectivity index (χ1) is 23.1. The SMILES string of the molecule is C=C=C1C2=C(C3CC34CC(C(C)C)C(CC)C=C4N1CC)N(Cc1ccc(F)cc1)C(c1ccc(-c3ccc(N)cc3)c(C)c1)=CC2C. The molecule has 1 fully saturated rings. The van der Waals surface area contributed by atoms with Gasteiger partial charge in [0.05, 0.1) is 5.70 Å². The van der Waals surface area contributed by atoms with E-state index in [-0.39, 0.29) is 17.2 Å². The van der Waals surface area contributed by atoms with Crippen LogP contribution in [-0.4, -0.2) is 16.3 Å². The molecular weight excluding hydrogens is 590 g/mol. The number of aryl methyl sites for hydroxylation is 1. The van der Waals surface area contributed by atoms with Gasteiger partial charge in [0.15, 0.2) is 0 Å². The molecule has 3 aromatic rings. The first kappa shape index (κ1) is 32.3. The Morgan fingerprint density at radius 3 is 2.29 bits per heavy atom. The summed E-state index contributed by atoms with van der Waals surface area (Å²) in [6.07, 6.45) is 8.62. The normalized spacial score (nSPS) is 26.3. The monoisotopic (exact) mass is 639 g/mol. The predicted molar refractivity (Wildman–Crippen MR) is 198 cm³/mol. The molecule has 7 rings (SSSR count). The van der Waals surface area contributed by atoms with Crippen LogP contribution in [0.15, 0.2) is 114 Å². The lowest BCUT2D eigenvalue weighted by atomic mass is 9.68. The number of nitrogen functional groups attached to an aromatic ring is 1. The minimum Gasteiger partial charge on any atom is -0.399 e. The zero-order valence-corrected chi connectivity index (χ0v) is 29.5. The number of likely N-dealkylation sites (N-methyl/N-ethyl adjacent to an activating group) is 1. The molecule has 1 saturated carbocycles. The highest BCUT2D eigenvalue weighted by Crippen LogP contribution is 2.72. The van der Waals surface area contributed by atoms with Crippen LogP contribution in [-0.2, 0) is 6.54 Å².